The third-order valence-corrected chi connectivity index (χ3v) is 2.90. The molecule has 0 aliphatic heterocycles. The van der Waals surface area contributed by atoms with Crippen LogP contribution in [0.4, 0.5) is 0 Å². The van der Waals surface area contributed by atoms with Crippen LogP contribution in [0, 0.1) is 0 Å². The number of hydrogen-bond donors (Lipinski definition) is 0. The van der Waals surface area contributed by atoms with E-state index in [4.69, 9.17) is 0 Å². The van der Waals surface area contributed by atoms with Gasteiger partial charge in [0.15, 0.2) is 0 Å². The third-order valence-electron chi connectivity index (χ3n) is 2.90. The second kappa shape index (κ2) is 8.26. The zero-order chi connectivity index (χ0) is 16.5. The molecule has 0 N–H and O–H groups in total. The second-order valence-electron chi connectivity index (χ2n) is 3.96. The Labute approximate surface area is 125 Å². The molecule has 0 aromatic heterocycles. The molecule has 0 saturated carbocycles. The van der Waals surface area contributed by atoms with Crippen molar-refractivity contribution in [1.29, 1.82) is 0 Å². The highest BCUT2D eigenvalue weighted by Crippen LogP contribution is 2.23. The van der Waals surface area contributed by atoms with E-state index >= 15 is 0 Å². The van der Waals surface area contributed by atoms with Gasteiger partial charge >= 0.3 is 11.9 Å². The summed E-state index contributed by atoms with van der Waals surface area (Å²) in [6, 6.07) is 3.00. The zero-order valence-corrected chi connectivity index (χ0v) is 11.9. The first-order valence-electron chi connectivity index (χ1n) is 6.32. The fraction of sp³-hybridized carbons (Fsp3) is 0.286. The van der Waals surface area contributed by atoms with Gasteiger partial charge in [-0.3, -0.25) is 0 Å². The number of rotatable bonds is 6. The van der Waals surface area contributed by atoms with Crippen LogP contribution in [0.15, 0.2) is 22.4 Å². The monoisotopic (exact) mass is 304 g/mol. The highest BCUT2D eigenvalue weighted by Gasteiger charge is 2.25. The number of carbonyl (C=O) groups is 2. The standard InChI is InChI=1S/C14H12N2O6/c1-3-9-5-6-11(13(19)21-15-7-17)12(10(9)4-2)14(20)22-16-8-18/h5-6H,3-4H2,1-2H3. The molecule has 0 unspecified atom stereocenters. The number of carbonyl (C=O) groups excluding carboxylic acids is 4. The van der Waals surface area contributed by atoms with Gasteiger partial charge in [0.2, 0.25) is 0 Å². The van der Waals surface area contributed by atoms with Gasteiger partial charge in [0.05, 0.1) is 11.1 Å². The molecule has 8 heteroatoms. The third kappa shape index (κ3) is 3.73. The summed E-state index contributed by atoms with van der Waals surface area (Å²) in [5.41, 5.74) is 1.13. The van der Waals surface area contributed by atoms with Crippen molar-refractivity contribution < 1.29 is 28.9 Å². The first-order valence-corrected chi connectivity index (χ1v) is 6.32. The summed E-state index contributed by atoms with van der Waals surface area (Å²) in [7, 11) is 0. The Balaban J connectivity index is 3.48. The van der Waals surface area contributed by atoms with Crippen LogP contribution in [-0.4, -0.2) is 24.1 Å². The predicted molar refractivity (Wildman–Crippen MR) is 72.3 cm³/mol. The number of aryl methyl sites for hydroxylation is 1. The van der Waals surface area contributed by atoms with Gasteiger partial charge in [-0.05, 0) is 30.0 Å². The number of benzene rings is 1. The Morgan fingerprint density at radius 1 is 1.00 bits per heavy atom. The summed E-state index contributed by atoms with van der Waals surface area (Å²) in [5.74, 6) is -2.03. The molecule has 0 aliphatic rings. The lowest BCUT2D eigenvalue weighted by molar-refractivity contribution is 0.0468. The molecular formula is C14H12N2O6. The molecule has 22 heavy (non-hydrogen) atoms. The van der Waals surface area contributed by atoms with Crippen LogP contribution in [-0.2, 0) is 32.1 Å². The molecule has 1 aromatic carbocycles. The minimum Gasteiger partial charge on any atom is -0.301 e. The molecule has 1 rings (SSSR count). The van der Waals surface area contributed by atoms with E-state index in [1.165, 1.54) is 6.07 Å². The molecule has 0 bridgehead atoms. The van der Waals surface area contributed by atoms with E-state index in [0.717, 1.165) is 17.7 Å². The van der Waals surface area contributed by atoms with E-state index in [1.807, 2.05) is 6.92 Å². The number of nitrogens with zero attached hydrogens (tertiary/aromatic N) is 2. The average Bonchev–Trinajstić information content (AvgIpc) is 2.55. The number of hydrogen-bond acceptors (Lipinski definition) is 8. The van der Waals surface area contributed by atoms with Crippen molar-refractivity contribution in [2.24, 2.45) is 10.3 Å². The molecule has 0 fully saturated rings. The summed E-state index contributed by atoms with van der Waals surface area (Å²) in [6.07, 6.45) is 3.15. The van der Waals surface area contributed by atoms with E-state index in [9.17, 15) is 19.2 Å². The van der Waals surface area contributed by atoms with Crippen molar-refractivity contribution >= 4 is 24.1 Å². The minimum atomic E-state index is -1.03. The molecule has 0 spiro atoms. The summed E-state index contributed by atoms with van der Waals surface area (Å²) in [4.78, 5) is 52.6. The first kappa shape index (κ1) is 17.0. The van der Waals surface area contributed by atoms with E-state index < -0.39 is 11.9 Å². The van der Waals surface area contributed by atoms with Crippen LogP contribution in [0.5, 0.6) is 0 Å². The normalized spacial score (nSPS) is 9.18. The lowest BCUT2D eigenvalue weighted by Gasteiger charge is -2.13. The maximum absolute atomic E-state index is 12.0. The van der Waals surface area contributed by atoms with Crippen molar-refractivity contribution in [1.82, 2.24) is 0 Å². The van der Waals surface area contributed by atoms with Crippen LogP contribution in [0.1, 0.15) is 45.7 Å². The largest absolute Gasteiger partial charge is 0.367 e. The van der Waals surface area contributed by atoms with Crippen LogP contribution >= 0.6 is 0 Å². The lowest BCUT2D eigenvalue weighted by Crippen LogP contribution is -2.15. The van der Waals surface area contributed by atoms with Crippen molar-refractivity contribution in [3.8, 4) is 0 Å². The van der Waals surface area contributed by atoms with Crippen molar-refractivity contribution in [3.05, 3.63) is 34.4 Å². The predicted octanol–water partition coefficient (Wildman–Crippen LogP) is 1.63. The first-order chi connectivity index (χ1) is 10.6. The van der Waals surface area contributed by atoms with Gasteiger partial charge in [0.1, 0.15) is 0 Å². The van der Waals surface area contributed by atoms with Crippen LogP contribution in [0.25, 0.3) is 0 Å². The molecule has 8 nitrogen and oxygen atoms in total. The molecule has 0 atom stereocenters. The Kier molecular flexibility index (Phi) is 6.37. The molecule has 1 aromatic rings. The fourth-order valence-electron chi connectivity index (χ4n) is 2.04. The molecular weight excluding hydrogens is 292 g/mol. The quantitative estimate of drug-likeness (QED) is 0.342. The Hall–Kier alpha value is -3.08. The van der Waals surface area contributed by atoms with Gasteiger partial charge in [-0.15, -0.1) is 0 Å². The van der Waals surface area contributed by atoms with Gasteiger partial charge in [0.25, 0.3) is 12.2 Å². The van der Waals surface area contributed by atoms with E-state index in [2.05, 4.69) is 20.0 Å². The molecule has 0 aliphatic carbocycles. The maximum atomic E-state index is 12.0. The van der Waals surface area contributed by atoms with Crippen molar-refractivity contribution in [2.45, 2.75) is 26.7 Å². The summed E-state index contributed by atoms with van der Waals surface area (Å²) in [5, 5.41) is 5.46. The molecule has 0 saturated heterocycles. The second-order valence-corrected chi connectivity index (χ2v) is 3.96. The zero-order valence-electron chi connectivity index (χ0n) is 11.9. The SMILES string of the molecule is CCc1ccc(C(=O)ON=C=O)c(C(=O)ON=C=O)c1CC. The van der Waals surface area contributed by atoms with Crippen LogP contribution in [0.3, 0.4) is 0 Å². The van der Waals surface area contributed by atoms with Gasteiger partial charge in [0, 0.05) is 10.3 Å². The Bertz CT molecular complexity index is 685. The van der Waals surface area contributed by atoms with Crippen LogP contribution < -0.4 is 0 Å². The topological polar surface area (TPSA) is 111 Å². The highest BCUT2D eigenvalue weighted by atomic mass is 16.7. The van der Waals surface area contributed by atoms with E-state index in [0.29, 0.717) is 18.4 Å². The van der Waals surface area contributed by atoms with Gasteiger partial charge < -0.3 is 9.68 Å². The maximum Gasteiger partial charge on any atom is 0.367 e. The Morgan fingerprint density at radius 3 is 2.09 bits per heavy atom. The number of isocyanates is 2. The fourth-order valence-corrected chi connectivity index (χ4v) is 2.04. The van der Waals surface area contributed by atoms with Crippen molar-refractivity contribution in [3.63, 3.8) is 0 Å². The Morgan fingerprint density at radius 2 is 1.59 bits per heavy atom. The van der Waals surface area contributed by atoms with E-state index in [-0.39, 0.29) is 11.1 Å². The van der Waals surface area contributed by atoms with Crippen molar-refractivity contribution in [2.75, 3.05) is 0 Å². The molecule has 0 radical (unpaired) electrons. The van der Waals surface area contributed by atoms with Gasteiger partial charge in [-0.2, -0.15) is 0 Å². The molecule has 0 heterocycles. The highest BCUT2D eigenvalue weighted by molar-refractivity contribution is 6.04. The summed E-state index contributed by atoms with van der Waals surface area (Å²) >= 11 is 0. The van der Waals surface area contributed by atoms with Crippen LogP contribution in [0.2, 0.25) is 0 Å². The summed E-state index contributed by atoms with van der Waals surface area (Å²) < 4.78 is 0. The minimum absolute atomic E-state index is 0.0908. The average molecular weight is 304 g/mol. The summed E-state index contributed by atoms with van der Waals surface area (Å²) in [6.45, 7) is 3.66. The van der Waals surface area contributed by atoms with Gasteiger partial charge in [-0.25, -0.2) is 19.2 Å². The smallest absolute Gasteiger partial charge is 0.301 e. The van der Waals surface area contributed by atoms with Gasteiger partial charge in [-0.1, -0.05) is 19.9 Å². The lowest BCUT2D eigenvalue weighted by atomic mass is 9.93. The van der Waals surface area contributed by atoms with E-state index in [1.54, 1.807) is 13.0 Å². The molecule has 0 amide bonds. The molecule has 114 valence electrons.